The van der Waals surface area contributed by atoms with Crippen LogP contribution in [0, 0.1) is 5.92 Å². The van der Waals surface area contributed by atoms with Crippen molar-refractivity contribution in [2.24, 2.45) is 5.92 Å². The summed E-state index contributed by atoms with van der Waals surface area (Å²) < 4.78 is 11.1. The monoisotopic (exact) mass is 423 g/mol. The van der Waals surface area contributed by atoms with E-state index in [1.165, 1.54) is 7.11 Å². The van der Waals surface area contributed by atoms with Gasteiger partial charge in [-0.25, -0.2) is 9.59 Å². The van der Waals surface area contributed by atoms with Gasteiger partial charge < -0.3 is 14.8 Å². The average molecular weight is 424 g/mol. The van der Waals surface area contributed by atoms with E-state index >= 15 is 0 Å². The molecule has 6 heteroatoms. The smallest absolute Gasteiger partial charge is 0.407 e. The molecule has 0 aliphatic heterocycles. The first kappa shape index (κ1) is 20.5. The molecule has 0 aromatic heterocycles. The second-order valence-electron chi connectivity index (χ2n) is 7.43. The molecule has 1 aliphatic rings. The van der Waals surface area contributed by atoms with Crippen molar-refractivity contribution < 1.29 is 19.1 Å². The van der Waals surface area contributed by atoms with Gasteiger partial charge in [0.1, 0.15) is 5.60 Å². The molecule has 1 aromatic rings. The number of alkyl carbamates (subject to hydrolysis) is 1. The lowest BCUT2D eigenvalue weighted by atomic mass is 10.00. The fraction of sp³-hybridized carbons (Fsp3) is 0.500. The number of amides is 1. The second-order valence-corrected chi connectivity index (χ2v) is 8.35. The van der Waals surface area contributed by atoms with Gasteiger partial charge in [-0.3, -0.25) is 0 Å². The van der Waals surface area contributed by atoms with Crippen LogP contribution in [0.3, 0.4) is 0 Å². The number of hydrogen-bond acceptors (Lipinski definition) is 4. The van der Waals surface area contributed by atoms with Crippen molar-refractivity contribution in [3.63, 3.8) is 0 Å². The molecule has 0 spiro atoms. The highest BCUT2D eigenvalue weighted by Crippen LogP contribution is 2.29. The minimum atomic E-state index is -0.514. The Balaban J connectivity index is 2.11. The number of carbonyl (C=O) groups is 2. The summed E-state index contributed by atoms with van der Waals surface area (Å²) in [5, 5.41) is 2.97. The van der Waals surface area contributed by atoms with Crippen LogP contribution in [0.25, 0.3) is 6.08 Å². The molecule has 2 rings (SSSR count). The first-order chi connectivity index (χ1) is 12.2. The van der Waals surface area contributed by atoms with Crippen LogP contribution in [0.15, 0.2) is 28.7 Å². The maximum absolute atomic E-state index is 12.0. The topological polar surface area (TPSA) is 64.6 Å². The van der Waals surface area contributed by atoms with Crippen molar-refractivity contribution in [3.05, 3.63) is 39.9 Å². The Labute approximate surface area is 163 Å². The maximum Gasteiger partial charge on any atom is 0.407 e. The molecule has 26 heavy (non-hydrogen) atoms. The molecular weight excluding hydrogens is 398 g/mol. The van der Waals surface area contributed by atoms with Crippen LogP contribution in [0.5, 0.6) is 0 Å². The molecule has 0 heterocycles. The molecule has 1 saturated carbocycles. The third-order valence-corrected chi connectivity index (χ3v) is 4.71. The van der Waals surface area contributed by atoms with Gasteiger partial charge in [0, 0.05) is 10.5 Å². The van der Waals surface area contributed by atoms with Crippen molar-refractivity contribution >= 4 is 34.1 Å². The van der Waals surface area contributed by atoms with E-state index in [1.807, 2.05) is 39.0 Å². The van der Waals surface area contributed by atoms with Crippen LogP contribution in [-0.4, -0.2) is 30.8 Å². The van der Waals surface area contributed by atoms with E-state index in [1.54, 1.807) is 6.07 Å². The maximum atomic E-state index is 12.0. The quantitative estimate of drug-likeness (QED) is 0.696. The summed E-state index contributed by atoms with van der Waals surface area (Å²) in [6.07, 6.45) is 6.54. The predicted molar refractivity (Wildman–Crippen MR) is 105 cm³/mol. The third kappa shape index (κ3) is 5.87. The molecular formula is C20H26BrNO4. The molecule has 1 aliphatic carbocycles. The van der Waals surface area contributed by atoms with E-state index in [0.717, 1.165) is 29.3 Å². The second kappa shape index (κ2) is 8.71. The normalized spacial score (nSPS) is 20.2. The highest BCUT2D eigenvalue weighted by molar-refractivity contribution is 9.10. The van der Waals surface area contributed by atoms with E-state index in [-0.39, 0.29) is 24.0 Å². The molecule has 142 valence electrons. The summed E-state index contributed by atoms with van der Waals surface area (Å²) >= 11 is 3.43. The lowest BCUT2D eigenvalue weighted by molar-refractivity contribution is 0.0497. The molecule has 0 saturated heterocycles. The zero-order valence-electron chi connectivity index (χ0n) is 15.7. The van der Waals surface area contributed by atoms with Crippen molar-refractivity contribution in [1.82, 2.24) is 5.32 Å². The number of carbonyl (C=O) groups excluding carboxylic acids is 2. The Hall–Kier alpha value is -1.82. The molecule has 1 N–H and O–H groups in total. The molecule has 1 fully saturated rings. The van der Waals surface area contributed by atoms with Gasteiger partial charge >= 0.3 is 12.1 Å². The number of esters is 1. The van der Waals surface area contributed by atoms with E-state index < -0.39 is 5.60 Å². The van der Waals surface area contributed by atoms with Gasteiger partial charge in [0.25, 0.3) is 0 Å². The number of hydrogen-bond donors (Lipinski definition) is 1. The van der Waals surface area contributed by atoms with Gasteiger partial charge in [-0.05, 0) is 63.3 Å². The standard InChI is InChI=1S/C20H26BrNO4/c1-20(2,3)26-19(24)22-17-7-5-6-13(17)8-9-14-12-15(21)10-11-16(14)18(23)25-4/h8-13,17H,5-7H2,1-4H3,(H,22,24)/b9-8+/t13-,17-/m0/s1. The molecule has 1 aromatic carbocycles. The highest BCUT2D eigenvalue weighted by Gasteiger charge is 2.28. The fourth-order valence-electron chi connectivity index (χ4n) is 3.05. The van der Waals surface area contributed by atoms with Gasteiger partial charge in [-0.15, -0.1) is 0 Å². The van der Waals surface area contributed by atoms with Crippen molar-refractivity contribution in [2.45, 2.75) is 51.7 Å². The van der Waals surface area contributed by atoms with Crippen molar-refractivity contribution in [2.75, 3.05) is 7.11 Å². The van der Waals surface area contributed by atoms with Gasteiger partial charge in [0.2, 0.25) is 0 Å². The van der Waals surface area contributed by atoms with Crippen molar-refractivity contribution in [1.29, 1.82) is 0 Å². The lowest BCUT2D eigenvalue weighted by Gasteiger charge is -2.23. The molecule has 5 nitrogen and oxygen atoms in total. The molecule has 0 bridgehead atoms. The number of benzene rings is 1. The highest BCUT2D eigenvalue weighted by atomic mass is 79.9. The Morgan fingerprint density at radius 1 is 1.27 bits per heavy atom. The Kier molecular flexibility index (Phi) is 6.87. The SMILES string of the molecule is COC(=O)c1ccc(Br)cc1/C=C/[C@@H]1CCC[C@@H]1NC(=O)OC(C)(C)C. The van der Waals surface area contributed by atoms with Crippen molar-refractivity contribution in [3.8, 4) is 0 Å². The van der Waals surface area contributed by atoms with Crippen LogP contribution in [0.1, 0.15) is 56.0 Å². The van der Waals surface area contributed by atoms with Gasteiger partial charge in [-0.2, -0.15) is 0 Å². The number of rotatable bonds is 4. The lowest BCUT2D eigenvalue weighted by Crippen LogP contribution is -2.40. The zero-order valence-corrected chi connectivity index (χ0v) is 17.3. The summed E-state index contributed by atoms with van der Waals surface area (Å²) in [6, 6.07) is 5.47. The number of halogens is 1. The summed E-state index contributed by atoms with van der Waals surface area (Å²) in [5.74, 6) is -0.168. The summed E-state index contributed by atoms with van der Waals surface area (Å²) in [4.78, 5) is 24.0. The molecule has 0 unspecified atom stereocenters. The van der Waals surface area contributed by atoms with Crippen LogP contribution < -0.4 is 5.32 Å². The van der Waals surface area contributed by atoms with Crippen LogP contribution in [-0.2, 0) is 9.47 Å². The zero-order chi connectivity index (χ0) is 19.3. The third-order valence-electron chi connectivity index (χ3n) is 4.21. The molecule has 2 atom stereocenters. The van der Waals surface area contributed by atoms with Crippen LogP contribution >= 0.6 is 15.9 Å². The van der Waals surface area contributed by atoms with E-state index in [0.29, 0.717) is 5.56 Å². The largest absolute Gasteiger partial charge is 0.465 e. The minimum absolute atomic E-state index is 0.0369. The minimum Gasteiger partial charge on any atom is -0.465 e. The van der Waals surface area contributed by atoms with Gasteiger partial charge in [0.15, 0.2) is 0 Å². The van der Waals surface area contributed by atoms with Crippen LogP contribution in [0.4, 0.5) is 4.79 Å². The number of methoxy groups -OCH3 is 1. The first-order valence-corrected chi connectivity index (χ1v) is 9.54. The van der Waals surface area contributed by atoms with Gasteiger partial charge in [0.05, 0.1) is 12.7 Å². The van der Waals surface area contributed by atoms with E-state index in [9.17, 15) is 9.59 Å². The van der Waals surface area contributed by atoms with E-state index in [2.05, 4.69) is 27.3 Å². The Morgan fingerprint density at radius 2 is 2.00 bits per heavy atom. The Bertz CT molecular complexity index is 694. The van der Waals surface area contributed by atoms with E-state index in [4.69, 9.17) is 9.47 Å². The molecule has 0 radical (unpaired) electrons. The molecule has 1 amide bonds. The first-order valence-electron chi connectivity index (χ1n) is 8.75. The van der Waals surface area contributed by atoms with Gasteiger partial charge in [-0.1, -0.05) is 34.5 Å². The number of nitrogens with one attached hydrogen (secondary N) is 1. The summed E-state index contributed by atoms with van der Waals surface area (Å²) in [5.41, 5.74) is 0.787. The predicted octanol–water partition coefficient (Wildman–Crippen LogP) is 4.94. The number of ether oxygens (including phenoxy) is 2. The average Bonchev–Trinajstić information content (AvgIpc) is 2.97. The summed E-state index contributed by atoms with van der Waals surface area (Å²) in [7, 11) is 1.37. The Morgan fingerprint density at radius 3 is 2.65 bits per heavy atom. The van der Waals surface area contributed by atoms with Crippen LogP contribution in [0.2, 0.25) is 0 Å². The fourth-order valence-corrected chi connectivity index (χ4v) is 3.43. The summed E-state index contributed by atoms with van der Waals surface area (Å²) in [6.45, 7) is 5.54.